The fourth-order valence-electron chi connectivity index (χ4n) is 4.06. The molecule has 2 aromatic rings. The average Bonchev–Trinajstić information content (AvgIpc) is 3.43. The smallest absolute Gasteiger partial charge is 0.407 e. The maximum atomic E-state index is 12.5. The second kappa shape index (κ2) is 8.46. The lowest BCUT2D eigenvalue weighted by molar-refractivity contribution is -0.124. The molecule has 5 heteroatoms. The number of carbonyl (C=O) groups is 2. The third kappa shape index (κ3) is 4.35. The Morgan fingerprint density at radius 3 is 2.32 bits per heavy atom. The highest BCUT2D eigenvalue weighted by atomic mass is 16.5. The summed E-state index contributed by atoms with van der Waals surface area (Å²) in [5.74, 6) is 0.127. The fourth-order valence-corrected chi connectivity index (χ4v) is 4.06. The summed E-state index contributed by atoms with van der Waals surface area (Å²) in [6.07, 6.45) is 0.428. The molecule has 0 aliphatic heterocycles. The van der Waals surface area contributed by atoms with Gasteiger partial charge in [0.25, 0.3) is 0 Å². The Hall–Kier alpha value is -2.82. The number of ether oxygens (including phenoxy) is 1. The molecule has 0 aromatic heterocycles. The molecule has 1 aliphatic rings. The molecule has 3 rings (SSSR count). The van der Waals surface area contributed by atoms with Crippen LogP contribution in [0.15, 0.2) is 60.7 Å². The van der Waals surface area contributed by atoms with Crippen molar-refractivity contribution in [3.05, 3.63) is 71.8 Å². The predicted molar refractivity (Wildman–Crippen MR) is 108 cm³/mol. The van der Waals surface area contributed by atoms with Crippen LogP contribution >= 0.6 is 0 Å². The van der Waals surface area contributed by atoms with Crippen molar-refractivity contribution in [2.75, 3.05) is 7.05 Å². The van der Waals surface area contributed by atoms with E-state index in [-0.39, 0.29) is 35.8 Å². The van der Waals surface area contributed by atoms with E-state index >= 15 is 0 Å². The normalized spacial score (nSPS) is 22.6. The minimum atomic E-state index is -0.447. The van der Waals surface area contributed by atoms with E-state index in [0.29, 0.717) is 0 Å². The number of benzene rings is 2. The molecule has 2 aromatic carbocycles. The highest BCUT2D eigenvalue weighted by Crippen LogP contribution is 2.63. The molecule has 28 heavy (non-hydrogen) atoms. The van der Waals surface area contributed by atoms with Gasteiger partial charge in [-0.3, -0.25) is 4.79 Å². The Bertz CT molecular complexity index is 809. The minimum Gasteiger partial charge on any atom is -0.445 e. The molecule has 3 unspecified atom stereocenters. The van der Waals surface area contributed by atoms with Crippen molar-refractivity contribution in [2.45, 2.75) is 32.9 Å². The Kier molecular flexibility index (Phi) is 6.02. The monoisotopic (exact) mass is 380 g/mol. The summed E-state index contributed by atoms with van der Waals surface area (Å²) in [6, 6.07) is 19.3. The first-order chi connectivity index (χ1) is 13.5. The second-order valence-electron chi connectivity index (χ2n) is 7.77. The SMILES string of the molecule is CNC(=O)C(C)C1C[C@@]1(C)C(NC(=O)OCc1ccccc1)c1ccccc1. The van der Waals surface area contributed by atoms with Gasteiger partial charge in [-0.25, -0.2) is 4.79 Å². The van der Waals surface area contributed by atoms with E-state index in [1.807, 2.05) is 67.6 Å². The molecule has 1 aliphatic carbocycles. The summed E-state index contributed by atoms with van der Waals surface area (Å²) in [5, 5.41) is 5.79. The molecule has 148 valence electrons. The quantitative estimate of drug-likeness (QED) is 0.761. The van der Waals surface area contributed by atoms with Gasteiger partial charge in [0, 0.05) is 13.0 Å². The first-order valence-electron chi connectivity index (χ1n) is 9.69. The largest absolute Gasteiger partial charge is 0.445 e. The maximum Gasteiger partial charge on any atom is 0.407 e. The van der Waals surface area contributed by atoms with Crippen LogP contribution in [0.3, 0.4) is 0 Å². The van der Waals surface area contributed by atoms with Crippen LogP contribution in [0.4, 0.5) is 4.79 Å². The number of hydrogen-bond acceptors (Lipinski definition) is 3. The van der Waals surface area contributed by atoms with Crippen LogP contribution in [0.1, 0.15) is 37.4 Å². The minimum absolute atomic E-state index is 0.0344. The van der Waals surface area contributed by atoms with Crippen molar-refractivity contribution < 1.29 is 14.3 Å². The van der Waals surface area contributed by atoms with Gasteiger partial charge >= 0.3 is 6.09 Å². The van der Waals surface area contributed by atoms with Crippen molar-refractivity contribution in [1.29, 1.82) is 0 Å². The average molecular weight is 380 g/mol. The molecular weight excluding hydrogens is 352 g/mol. The zero-order chi connectivity index (χ0) is 20.1. The van der Waals surface area contributed by atoms with Gasteiger partial charge in [-0.2, -0.15) is 0 Å². The Morgan fingerprint density at radius 1 is 1.11 bits per heavy atom. The van der Waals surface area contributed by atoms with Crippen LogP contribution in [0.5, 0.6) is 0 Å². The maximum absolute atomic E-state index is 12.5. The van der Waals surface area contributed by atoms with Crippen LogP contribution in [0, 0.1) is 17.3 Å². The van der Waals surface area contributed by atoms with Crippen LogP contribution in [-0.4, -0.2) is 19.0 Å². The third-order valence-corrected chi connectivity index (χ3v) is 5.88. The zero-order valence-corrected chi connectivity index (χ0v) is 16.6. The predicted octanol–water partition coefficient (Wildman–Crippen LogP) is 4.06. The third-order valence-electron chi connectivity index (χ3n) is 5.88. The van der Waals surface area contributed by atoms with Gasteiger partial charge in [0.05, 0.1) is 6.04 Å². The van der Waals surface area contributed by atoms with Crippen molar-refractivity contribution in [2.24, 2.45) is 17.3 Å². The van der Waals surface area contributed by atoms with Gasteiger partial charge in [0.15, 0.2) is 0 Å². The summed E-state index contributed by atoms with van der Waals surface area (Å²) in [4.78, 5) is 24.6. The molecular formula is C23H28N2O3. The second-order valence-corrected chi connectivity index (χ2v) is 7.77. The molecule has 1 saturated carbocycles. The van der Waals surface area contributed by atoms with Crippen LogP contribution in [0.2, 0.25) is 0 Å². The van der Waals surface area contributed by atoms with Gasteiger partial charge < -0.3 is 15.4 Å². The summed E-state index contributed by atoms with van der Waals surface area (Å²) >= 11 is 0. The van der Waals surface area contributed by atoms with Gasteiger partial charge in [-0.05, 0) is 28.9 Å². The molecule has 0 saturated heterocycles. The summed E-state index contributed by atoms with van der Waals surface area (Å²) in [5.41, 5.74) is 1.77. The summed E-state index contributed by atoms with van der Waals surface area (Å²) in [6.45, 7) is 4.31. The highest BCUT2D eigenvalue weighted by Gasteiger charge is 2.59. The Morgan fingerprint density at radius 2 is 1.71 bits per heavy atom. The van der Waals surface area contributed by atoms with Crippen LogP contribution in [-0.2, 0) is 16.1 Å². The van der Waals surface area contributed by atoms with E-state index in [1.165, 1.54) is 0 Å². The number of alkyl carbamates (subject to hydrolysis) is 1. The van der Waals surface area contributed by atoms with E-state index in [1.54, 1.807) is 7.05 Å². The fraction of sp³-hybridized carbons (Fsp3) is 0.391. The van der Waals surface area contributed by atoms with Crippen molar-refractivity contribution in [1.82, 2.24) is 10.6 Å². The van der Waals surface area contributed by atoms with E-state index < -0.39 is 6.09 Å². The van der Waals surface area contributed by atoms with Gasteiger partial charge in [0.2, 0.25) is 5.91 Å². The standard InChI is InChI=1S/C23H28N2O3/c1-16(21(26)24-3)19-14-23(19,2)20(18-12-8-5-9-13-18)25-22(27)28-15-17-10-6-4-7-11-17/h4-13,16,19-20H,14-15H2,1-3H3,(H,24,26)(H,25,27)/t16?,19?,20?,23-/m1/s1. The lowest BCUT2D eigenvalue weighted by Gasteiger charge is -2.27. The number of amides is 2. The van der Waals surface area contributed by atoms with Crippen molar-refractivity contribution in [3.8, 4) is 0 Å². The molecule has 1 fully saturated rings. The lowest BCUT2D eigenvalue weighted by atomic mass is 9.86. The molecule has 5 nitrogen and oxygen atoms in total. The first-order valence-corrected chi connectivity index (χ1v) is 9.69. The number of nitrogens with one attached hydrogen (secondary N) is 2. The molecule has 0 bridgehead atoms. The van der Waals surface area contributed by atoms with E-state index in [2.05, 4.69) is 17.6 Å². The Labute approximate surface area is 166 Å². The highest BCUT2D eigenvalue weighted by molar-refractivity contribution is 5.79. The van der Waals surface area contributed by atoms with Gasteiger partial charge in [-0.1, -0.05) is 74.5 Å². The lowest BCUT2D eigenvalue weighted by Crippen LogP contribution is -2.36. The summed E-state index contributed by atoms with van der Waals surface area (Å²) < 4.78 is 5.44. The molecule has 0 heterocycles. The topological polar surface area (TPSA) is 67.4 Å². The first kappa shape index (κ1) is 19.9. The van der Waals surface area contributed by atoms with Crippen molar-refractivity contribution in [3.63, 3.8) is 0 Å². The molecule has 2 N–H and O–H groups in total. The van der Waals surface area contributed by atoms with E-state index in [4.69, 9.17) is 4.74 Å². The zero-order valence-electron chi connectivity index (χ0n) is 16.6. The van der Waals surface area contributed by atoms with Gasteiger partial charge in [0.1, 0.15) is 6.61 Å². The number of carbonyl (C=O) groups excluding carboxylic acids is 2. The van der Waals surface area contributed by atoms with Crippen LogP contribution < -0.4 is 10.6 Å². The molecule has 0 spiro atoms. The van der Waals surface area contributed by atoms with E-state index in [0.717, 1.165) is 17.5 Å². The van der Waals surface area contributed by atoms with Crippen molar-refractivity contribution >= 4 is 12.0 Å². The molecule has 0 radical (unpaired) electrons. The molecule has 4 atom stereocenters. The number of rotatable bonds is 7. The Balaban J connectivity index is 1.72. The van der Waals surface area contributed by atoms with Gasteiger partial charge in [-0.15, -0.1) is 0 Å². The van der Waals surface area contributed by atoms with E-state index in [9.17, 15) is 9.59 Å². The number of hydrogen-bond donors (Lipinski definition) is 2. The van der Waals surface area contributed by atoms with Crippen LogP contribution in [0.25, 0.3) is 0 Å². The molecule has 2 amide bonds. The summed E-state index contributed by atoms with van der Waals surface area (Å²) in [7, 11) is 1.66.